The molecule has 0 spiro atoms. The highest BCUT2D eigenvalue weighted by Gasteiger charge is 2.15. The molecule has 0 saturated carbocycles. The summed E-state index contributed by atoms with van der Waals surface area (Å²) in [5, 5.41) is 0. The van der Waals surface area contributed by atoms with Gasteiger partial charge in [-0.05, 0) is 19.1 Å². The number of hydrogen-bond acceptors (Lipinski definition) is 2. The molecule has 94 valence electrons. The molecule has 0 aliphatic heterocycles. The van der Waals surface area contributed by atoms with Gasteiger partial charge >= 0.3 is 0 Å². The Morgan fingerprint density at radius 1 is 0.944 bits per heavy atom. The molecule has 0 aromatic heterocycles. The number of para-hydroxylation sites is 1. The Balaban J connectivity index is 2.11. The minimum Gasteiger partial charge on any atom is -0.222 e. The molecule has 2 rings (SSSR count). The van der Waals surface area contributed by atoms with Crippen LogP contribution in [0, 0.1) is 6.92 Å². The maximum Gasteiger partial charge on any atom is 0.282 e. The first-order valence-electron chi connectivity index (χ1n) is 5.55. The lowest BCUT2D eigenvalue weighted by Gasteiger charge is -2.05. The number of hydrogen-bond donors (Lipinski definition) is 2. The van der Waals surface area contributed by atoms with E-state index in [1.165, 1.54) is 5.43 Å². The van der Waals surface area contributed by atoms with E-state index >= 15 is 0 Å². The monoisotopic (exact) mass is 263 g/mol. The largest absolute Gasteiger partial charge is 0.282 e. The fraction of sp³-hybridized carbons (Fsp3) is 0.0769. The zero-order valence-electron chi connectivity index (χ0n) is 10.00. The van der Waals surface area contributed by atoms with Gasteiger partial charge in [-0.2, -0.15) is 0 Å². The first-order valence-corrected chi connectivity index (χ1v) is 7.03. The number of sulfonamides is 1. The van der Waals surface area contributed by atoms with E-state index in [0.717, 1.165) is 11.3 Å². The minimum absolute atomic E-state index is 0.264. The van der Waals surface area contributed by atoms with Crippen molar-refractivity contribution in [2.75, 3.05) is 0 Å². The fourth-order valence-electron chi connectivity index (χ4n) is 1.48. The molecule has 0 unspecified atom stereocenters. The molecule has 0 atom stereocenters. The second kappa shape index (κ2) is 5.30. The molecule has 2 aromatic carbocycles. The highest BCUT2D eigenvalue weighted by atomic mass is 32.2. The van der Waals surface area contributed by atoms with Gasteiger partial charge in [-0.3, -0.25) is 0 Å². The Morgan fingerprint density at radius 3 is 2.17 bits per heavy atom. The van der Waals surface area contributed by atoms with Crippen LogP contribution in [0.1, 0.15) is 5.56 Å². The van der Waals surface area contributed by atoms with Crippen LogP contribution < -0.4 is 10.3 Å². The third-order valence-electron chi connectivity index (χ3n) is 2.51. The number of aryl methyl sites for hydroxylation is 1. The van der Waals surface area contributed by atoms with Crippen LogP contribution in [-0.2, 0) is 10.0 Å². The SMILES string of the molecule is Cc1ccc(S(=O)(=O)N[NH2+]c2ccccc2)cc1. The highest BCUT2D eigenvalue weighted by Crippen LogP contribution is 2.08. The summed E-state index contributed by atoms with van der Waals surface area (Å²) in [6, 6.07) is 16.0. The molecule has 0 radical (unpaired) electrons. The van der Waals surface area contributed by atoms with Crippen molar-refractivity contribution in [1.82, 2.24) is 4.83 Å². The van der Waals surface area contributed by atoms with Crippen LogP contribution in [-0.4, -0.2) is 8.42 Å². The molecule has 0 aliphatic rings. The minimum atomic E-state index is -3.48. The summed E-state index contributed by atoms with van der Waals surface area (Å²) < 4.78 is 23.9. The molecule has 3 N–H and O–H groups in total. The van der Waals surface area contributed by atoms with Crippen LogP contribution in [0.4, 0.5) is 5.69 Å². The second-order valence-corrected chi connectivity index (χ2v) is 5.70. The first kappa shape index (κ1) is 12.8. The van der Waals surface area contributed by atoms with Gasteiger partial charge < -0.3 is 0 Å². The summed E-state index contributed by atoms with van der Waals surface area (Å²) in [4.78, 5) is 2.72. The van der Waals surface area contributed by atoms with Crippen molar-refractivity contribution in [1.29, 1.82) is 0 Å². The molecule has 0 aliphatic carbocycles. The van der Waals surface area contributed by atoms with Crippen LogP contribution in [0.2, 0.25) is 0 Å². The summed E-state index contributed by atoms with van der Waals surface area (Å²) in [6.45, 7) is 1.92. The number of nitrogens with one attached hydrogen (secondary N) is 1. The van der Waals surface area contributed by atoms with E-state index in [0.29, 0.717) is 0 Å². The predicted octanol–water partition coefficient (Wildman–Crippen LogP) is 1.08. The van der Waals surface area contributed by atoms with Crippen molar-refractivity contribution in [3.8, 4) is 0 Å². The van der Waals surface area contributed by atoms with E-state index in [-0.39, 0.29) is 4.90 Å². The third-order valence-corrected chi connectivity index (χ3v) is 3.83. The van der Waals surface area contributed by atoms with Crippen molar-refractivity contribution < 1.29 is 13.8 Å². The quantitative estimate of drug-likeness (QED) is 0.492. The smallest absolute Gasteiger partial charge is 0.222 e. The molecule has 0 fully saturated rings. The molecule has 2 aromatic rings. The van der Waals surface area contributed by atoms with E-state index in [1.54, 1.807) is 24.3 Å². The number of rotatable bonds is 4. The Kier molecular flexibility index (Phi) is 3.76. The third kappa shape index (κ3) is 3.16. The van der Waals surface area contributed by atoms with Crippen LogP contribution in [0.3, 0.4) is 0 Å². The number of quaternary nitrogens is 1. The number of nitrogens with two attached hydrogens (primary N) is 1. The molecular weight excluding hydrogens is 248 g/mol. The number of benzene rings is 2. The zero-order valence-corrected chi connectivity index (χ0v) is 10.8. The average Bonchev–Trinajstić information content (AvgIpc) is 2.38. The molecule has 4 nitrogen and oxygen atoms in total. The van der Waals surface area contributed by atoms with Crippen LogP contribution in [0.5, 0.6) is 0 Å². The van der Waals surface area contributed by atoms with Gasteiger partial charge in [0.1, 0.15) is 5.69 Å². The second-order valence-electron chi connectivity index (χ2n) is 3.99. The zero-order chi connectivity index (χ0) is 13.0. The van der Waals surface area contributed by atoms with E-state index in [2.05, 4.69) is 4.83 Å². The average molecular weight is 263 g/mol. The van der Waals surface area contributed by atoms with Gasteiger partial charge in [0, 0.05) is 12.1 Å². The predicted molar refractivity (Wildman–Crippen MR) is 69.5 cm³/mol. The van der Waals surface area contributed by atoms with Crippen molar-refractivity contribution in [3.05, 3.63) is 60.2 Å². The molecule has 0 amide bonds. The van der Waals surface area contributed by atoms with Crippen LogP contribution in [0.25, 0.3) is 0 Å². The van der Waals surface area contributed by atoms with E-state index < -0.39 is 10.0 Å². The van der Waals surface area contributed by atoms with Crippen molar-refractivity contribution in [2.45, 2.75) is 11.8 Å². The van der Waals surface area contributed by atoms with Gasteiger partial charge in [-0.15, -0.1) is 0 Å². The topological polar surface area (TPSA) is 62.8 Å². The normalized spacial score (nSPS) is 11.4. The van der Waals surface area contributed by atoms with Crippen LogP contribution >= 0.6 is 0 Å². The summed E-state index contributed by atoms with van der Waals surface area (Å²) in [6.07, 6.45) is 0. The summed E-state index contributed by atoms with van der Waals surface area (Å²) in [5.41, 5.74) is 3.32. The standard InChI is InChI=1S/C13H14N2O2S/c1-11-7-9-13(10-8-11)18(16,17)15-14-12-5-3-2-4-6-12/h2-10,14-15H,1H3/p+1. The highest BCUT2D eigenvalue weighted by molar-refractivity contribution is 7.89. The maximum atomic E-state index is 12.0. The van der Waals surface area contributed by atoms with Gasteiger partial charge in [-0.1, -0.05) is 40.7 Å². The lowest BCUT2D eigenvalue weighted by molar-refractivity contribution is -0.610. The molecule has 0 heterocycles. The van der Waals surface area contributed by atoms with Gasteiger partial charge in [0.05, 0.1) is 4.90 Å². The summed E-state index contributed by atoms with van der Waals surface area (Å²) >= 11 is 0. The molecular formula is C13H15N2O2S+. The van der Waals surface area contributed by atoms with Gasteiger partial charge in [-0.25, -0.2) is 13.8 Å². The van der Waals surface area contributed by atoms with Crippen molar-refractivity contribution in [3.63, 3.8) is 0 Å². The van der Waals surface area contributed by atoms with Gasteiger partial charge in [0.15, 0.2) is 0 Å². The Labute approximate surface area is 107 Å². The van der Waals surface area contributed by atoms with E-state index in [9.17, 15) is 8.42 Å². The molecule has 0 saturated heterocycles. The van der Waals surface area contributed by atoms with E-state index in [4.69, 9.17) is 0 Å². The Morgan fingerprint density at radius 2 is 1.56 bits per heavy atom. The van der Waals surface area contributed by atoms with Gasteiger partial charge in [0.25, 0.3) is 10.0 Å². The van der Waals surface area contributed by atoms with Crippen molar-refractivity contribution >= 4 is 15.7 Å². The van der Waals surface area contributed by atoms with Crippen LogP contribution in [0.15, 0.2) is 59.5 Å². The van der Waals surface area contributed by atoms with E-state index in [1.807, 2.05) is 37.3 Å². The lowest BCUT2D eigenvalue weighted by Crippen LogP contribution is -2.89. The fourth-order valence-corrected chi connectivity index (χ4v) is 2.40. The lowest BCUT2D eigenvalue weighted by atomic mass is 10.2. The molecule has 5 heteroatoms. The first-order chi connectivity index (χ1) is 8.58. The van der Waals surface area contributed by atoms with Gasteiger partial charge in [0.2, 0.25) is 0 Å². The Hall–Kier alpha value is -1.69. The van der Waals surface area contributed by atoms with Crippen molar-refractivity contribution in [2.24, 2.45) is 0 Å². The molecule has 0 bridgehead atoms. The summed E-state index contributed by atoms with van der Waals surface area (Å²) in [5.74, 6) is 0. The Bertz CT molecular complexity index is 607. The summed E-state index contributed by atoms with van der Waals surface area (Å²) in [7, 11) is -3.48. The molecule has 18 heavy (non-hydrogen) atoms. The maximum absolute atomic E-state index is 12.0.